The van der Waals surface area contributed by atoms with Gasteiger partial charge in [-0.05, 0) is 24.3 Å². The third kappa shape index (κ3) is 2.88. The summed E-state index contributed by atoms with van der Waals surface area (Å²) in [4.78, 5) is 11.8. The molecule has 0 spiro atoms. The number of hydrogen-bond acceptors (Lipinski definition) is 3. The Bertz CT molecular complexity index is 910. The fourth-order valence-corrected chi connectivity index (χ4v) is 2.49. The smallest absolute Gasteiger partial charge is 0.286 e. The number of carbonyl (C=O) groups excluding carboxylic acids is 1. The van der Waals surface area contributed by atoms with Crippen LogP contribution in [0.2, 0.25) is 5.02 Å². The number of benzene rings is 2. The largest absolute Gasteiger partial charge is 0.289 e. The van der Waals surface area contributed by atoms with Crippen molar-refractivity contribution in [3.63, 3.8) is 0 Å². The zero-order valence-corrected chi connectivity index (χ0v) is 12.4. The van der Waals surface area contributed by atoms with Crippen LogP contribution in [0.25, 0.3) is 10.9 Å². The average Bonchev–Trinajstić information content (AvgIpc) is 2.87. The van der Waals surface area contributed by atoms with E-state index in [2.05, 4.69) is 5.10 Å². The molecule has 8 heteroatoms. The molecular weight excluding hydrogens is 326 g/mol. The number of fused-ring (bicyclic) bond motifs is 1. The van der Waals surface area contributed by atoms with Crippen LogP contribution < -0.4 is 11.3 Å². The number of carbonyl (C=O) groups is 1. The molecule has 0 aliphatic carbocycles. The number of hydrogen-bond donors (Lipinski definition) is 2. The Balaban J connectivity index is 2.12. The molecule has 0 bridgehead atoms. The highest BCUT2D eigenvalue weighted by Crippen LogP contribution is 2.24. The van der Waals surface area contributed by atoms with E-state index in [0.29, 0.717) is 15.9 Å². The summed E-state index contributed by atoms with van der Waals surface area (Å²) < 4.78 is 28.3. The monoisotopic (exact) mass is 336 g/mol. The van der Waals surface area contributed by atoms with E-state index in [0.717, 1.165) is 12.1 Å². The second-order valence-electron chi connectivity index (χ2n) is 4.88. The highest BCUT2D eigenvalue weighted by Gasteiger charge is 2.17. The average molecular weight is 337 g/mol. The minimum atomic E-state index is -0.688. The molecule has 3 rings (SSSR count). The fraction of sp³-hybridized carbons (Fsp3) is 0.0667. The van der Waals surface area contributed by atoms with Crippen LogP contribution in [-0.2, 0) is 6.54 Å². The quantitative estimate of drug-likeness (QED) is 0.439. The summed E-state index contributed by atoms with van der Waals surface area (Å²) in [5.41, 5.74) is 2.91. The Morgan fingerprint density at radius 1 is 1.26 bits per heavy atom. The fourth-order valence-electron chi connectivity index (χ4n) is 2.32. The molecule has 0 aliphatic rings. The number of nitrogens with zero attached hydrogens (tertiary/aromatic N) is 2. The molecule has 1 amide bonds. The van der Waals surface area contributed by atoms with Gasteiger partial charge in [-0.3, -0.25) is 14.9 Å². The lowest BCUT2D eigenvalue weighted by molar-refractivity contribution is 0.0949. The van der Waals surface area contributed by atoms with E-state index in [1.807, 2.05) is 5.43 Å². The first-order valence-corrected chi connectivity index (χ1v) is 6.98. The maximum Gasteiger partial charge on any atom is 0.286 e. The van der Waals surface area contributed by atoms with Crippen molar-refractivity contribution in [1.29, 1.82) is 0 Å². The van der Waals surface area contributed by atoms with Crippen molar-refractivity contribution in [3.8, 4) is 0 Å². The predicted octanol–water partition coefficient (Wildman–Crippen LogP) is 2.62. The van der Waals surface area contributed by atoms with Crippen LogP contribution >= 0.6 is 11.6 Å². The summed E-state index contributed by atoms with van der Waals surface area (Å²) >= 11 is 5.95. The Labute approximate surface area is 134 Å². The van der Waals surface area contributed by atoms with E-state index < -0.39 is 17.5 Å². The van der Waals surface area contributed by atoms with Gasteiger partial charge < -0.3 is 0 Å². The molecule has 5 nitrogen and oxygen atoms in total. The molecule has 3 N–H and O–H groups in total. The van der Waals surface area contributed by atoms with E-state index in [4.69, 9.17) is 17.4 Å². The normalized spacial score (nSPS) is 11.0. The van der Waals surface area contributed by atoms with E-state index in [1.54, 1.807) is 18.2 Å². The van der Waals surface area contributed by atoms with Crippen LogP contribution in [-0.4, -0.2) is 15.7 Å². The first kappa shape index (κ1) is 15.4. The number of nitrogen functional groups attached to an aromatic ring is 1. The summed E-state index contributed by atoms with van der Waals surface area (Å²) in [7, 11) is 0. The van der Waals surface area contributed by atoms with Gasteiger partial charge in [-0.25, -0.2) is 14.6 Å². The first-order valence-electron chi connectivity index (χ1n) is 6.60. The van der Waals surface area contributed by atoms with Crippen LogP contribution in [0.1, 0.15) is 16.1 Å². The Kier molecular flexibility index (Phi) is 3.97. The lowest BCUT2D eigenvalue weighted by Gasteiger charge is -2.05. The van der Waals surface area contributed by atoms with Crippen molar-refractivity contribution >= 4 is 28.4 Å². The minimum absolute atomic E-state index is 0.0299. The van der Waals surface area contributed by atoms with Gasteiger partial charge >= 0.3 is 0 Å². The third-order valence-electron chi connectivity index (χ3n) is 3.39. The Morgan fingerprint density at radius 3 is 2.74 bits per heavy atom. The second kappa shape index (κ2) is 5.94. The molecule has 23 heavy (non-hydrogen) atoms. The Morgan fingerprint density at radius 2 is 2.04 bits per heavy atom. The van der Waals surface area contributed by atoms with Crippen molar-refractivity contribution in [2.24, 2.45) is 5.84 Å². The second-order valence-corrected chi connectivity index (χ2v) is 5.31. The zero-order valence-electron chi connectivity index (χ0n) is 11.7. The number of aromatic nitrogens is 2. The van der Waals surface area contributed by atoms with Crippen LogP contribution in [0, 0.1) is 11.6 Å². The van der Waals surface area contributed by atoms with E-state index in [9.17, 15) is 13.6 Å². The summed E-state index contributed by atoms with van der Waals surface area (Å²) in [6.07, 6.45) is 0. The molecule has 3 aromatic rings. The van der Waals surface area contributed by atoms with Gasteiger partial charge in [0, 0.05) is 22.0 Å². The topological polar surface area (TPSA) is 72.9 Å². The molecule has 0 unspecified atom stereocenters. The summed E-state index contributed by atoms with van der Waals surface area (Å²) in [5.74, 6) is 3.22. The van der Waals surface area contributed by atoms with Gasteiger partial charge in [0.15, 0.2) is 5.69 Å². The SMILES string of the molecule is NNC(=O)c1nn(Cc2ccc(F)cc2F)c2ccc(Cl)cc12. The highest BCUT2D eigenvalue weighted by atomic mass is 35.5. The van der Waals surface area contributed by atoms with Crippen LogP contribution in [0.5, 0.6) is 0 Å². The summed E-state index contributed by atoms with van der Waals surface area (Å²) in [5, 5.41) is 5.08. The molecule has 1 heterocycles. The number of rotatable bonds is 3. The van der Waals surface area contributed by atoms with Gasteiger partial charge in [0.1, 0.15) is 11.6 Å². The maximum atomic E-state index is 13.8. The highest BCUT2D eigenvalue weighted by molar-refractivity contribution is 6.31. The molecule has 0 saturated carbocycles. The molecule has 0 saturated heterocycles. The van der Waals surface area contributed by atoms with E-state index in [1.165, 1.54) is 10.7 Å². The number of nitrogens with two attached hydrogens (primary N) is 1. The number of hydrazine groups is 1. The molecule has 1 aromatic heterocycles. The summed E-state index contributed by atoms with van der Waals surface area (Å²) in [6, 6.07) is 8.16. The lowest BCUT2D eigenvalue weighted by atomic mass is 10.2. The molecule has 0 fully saturated rings. The van der Waals surface area contributed by atoms with E-state index in [-0.39, 0.29) is 17.8 Å². The van der Waals surface area contributed by atoms with Crippen molar-refractivity contribution in [2.45, 2.75) is 6.54 Å². The van der Waals surface area contributed by atoms with Crippen LogP contribution in [0.3, 0.4) is 0 Å². The minimum Gasteiger partial charge on any atom is -0.289 e. The molecule has 2 aromatic carbocycles. The van der Waals surface area contributed by atoms with Crippen molar-refractivity contribution in [3.05, 3.63) is 64.3 Å². The summed E-state index contributed by atoms with van der Waals surface area (Å²) in [6.45, 7) is 0.0299. The molecular formula is C15H11ClF2N4O. The van der Waals surface area contributed by atoms with Crippen molar-refractivity contribution in [1.82, 2.24) is 15.2 Å². The molecule has 118 valence electrons. The van der Waals surface area contributed by atoms with Crippen LogP contribution in [0.4, 0.5) is 8.78 Å². The molecule has 0 aliphatic heterocycles. The maximum absolute atomic E-state index is 13.8. The predicted molar refractivity (Wildman–Crippen MR) is 81.9 cm³/mol. The third-order valence-corrected chi connectivity index (χ3v) is 3.63. The van der Waals surface area contributed by atoms with Gasteiger partial charge in [-0.1, -0.05) is 17.7 Å². The number of halogens is 3. The van der Waals surface area contributed by atoms with Gasteiger partial charge in [-0.2, -0.15) is 5.10 Å². The van der Waals surface area contributed by atoms with Gasteiger partial charge in [-0.15, -0.1) is 0 Å². The van der Waals surface area contributed by atoms with E-state index >= 15 is 0 Å². The number of nitrogens with one attached hydrogen (secondary N) is 1. The van der Waals surface area contributed by atoms with Crippen molar-refractivity contribution < 1.29 is 13.6 Å². The standard InChI is InChI=1S/C15H11ClF2N4O/c16-9-2-4-13-11(5-9)14(15(23)20-19)21-22(13)7-8-1-3-10(17)6-12(8)18/h1-6H,7,19H2,(H,20,23). The van der Waals surface area contributed by atoms with Crippen molar-refractivity contribution in [2.75, 3.05) is 0 Å². The molecule has 0 radical (unpaired) electrons. The number of amides is 1. The zero-order chi connectivity index (χ0) is 16.6. The van der Waals surface area contributed by atoms with Gasteiger partial charge in [0.05, 0.1) is 12.1 Å². The van der Waals surface area contributed by atoms with Crippen LogP contribution in [0.15, 0.2) is 36.4 Å². The molecule has 0 atom stereocenters. The first-order chi connectivity index (χ1) is 11.0. The van der Waals surface area contributed by atoms with Gasteiger partial charge in [0.2, 0.25) is 0 Å². The van der Waals surface area contributed by atoms with Gasteiger partial charge in [0.25, 0.3) is 5.91 Å². The lowest BCUT2D eigenvalue weighted by Crippen LogP contribution is -2.30. The Hall–Kier alpha value is -2.51.